The molecule has 0 spiro atoms. The number of aromatic amines is 1. The fourth-order valence-corrected chi connectivity index (χ4v) is 5.66. The molecule has 0 bridgehead atoms. The van der Waals surface area contributed by atoms with Gasteiger partial charge in [0, 0.05) is 38.2 Å². The van der Waals surface area contributed by atoms with Gasteiger partial charge in [0.1, 0.15) is 18.0 Å². The predicted octanol–water partition coefficient (Wildman–Crippen LogP) is 3.45. The van der Waals surface area contributed by atoms with Gasteiger partial charge in [-0.3, -0.25) is 14.7 Å². The molecule has 2 aromatic heterocycles. The number of likely N-dealkylation sites (tertiary alicyclic amines) is 1. The molecule has 37 heavy (non-hydrogen) atoms. The molecule has 1 fully saturated rings. The first kappa shape index (κ1) is 23.1. The molecule has 2 amide bonds. The molecular weight excluding hydrogens is 473 g/mol. The molecule has 2 aromatic carbocycles. The van der Waals surface area contributed by atoms with Crippen molar-refractivity contribution in [3.8, 4) is 0 Å². The Morgan fingerprint density at radius 2 is 2.05 bits per heavy atom. The van der Waals surface area contributed by atoms with Crippen LogP contribution in [0.2, 0.25) is 0 Å². The molecular formula is C27H26FN7O2. The van der Waals surface area contributed by atoms with E-state index in [9.17, 15) is 14.0 Å². The van der Waals surface area contributed by atoms with Gasteiger partial charge in [-0.1, -0.05) is 30.3 Å². The molecule has 10 heteroatoms. The van der Waals surface area contributed by atoms with Gasteiger partial charge in [-0.05, 0) is 35.7 Å². The van der Waals surface area contributed by atoms with Crippen LogP contribution in [-0.4, -0.2) is 57.0 Å². The van der Waals surface area contributed by atoms with Crippen LogP contribution in [-0.2, 0) is 9.59 Å². The second-order valence-electron chi connectivity index (χ2n) is 9.59. The minimum atomic E-state index is -0.568. The lowest BCUT2D eigenvalue weighted by Crippen LogP contribution is -2.35. The number of para-hydroxylation sites is 1. The topological polar surface area (TPSA) is 107 Å². The van der Waals surface area contributed by atoms with E-state index in [2.05, 4.69) is 42.5 Å². The molecule has 2 aliphatic rings. The number of benzene rings is 2. The number of halogens is 1. The van der Waals surface area contributed by atoms with Gasteiger partial charge in [-0.25, -0.2) is 14.4 Å². The third-order valence-corrected chi connectivity index (χ3v) is 7.46. The molecule has 188 valence electrons. The summed E-state index contributed by atoms with van der Waals surface area (Å²) in [6.07, 6.45) is 4.09. The Kier molecular flexibility index (Phi) is 5.78. The zero-order valence-corrected chi connectivity index (χ0v) is 20.3. The number of hydrogen-bond donors (Lipinski definition) is 2. The van der Waals surface area contributed by atoms with Crippen molar-refractivity contribution >= 4 is 34.4 Å². The van der Waals surface area contributed by atoms with Crippen LogP contribution in [0, 0.1) is 11.7 Å². The van der Waals surface area contributed by atoms with Crippen molar-refractivity contribution in [2.75, 3.05) is 25.0 Å². The largest absolute Gasteiger partial charge is 0.356 e. The zero-order chi connectivity index (χ0) is 25.5. The monoisotopic (exact) mass is 499 g/mol. The van der Waals surface area contributed by atoms with Gasteiger partial charge in [0.2, 0.25) is 11.8 Å². The van der Waals surface area contributed by atoms with Gasteiger partial charge in [0.05, 0.1) is 23.5 Å². The van der Waals surface area contributed by atoms with E-state index < -0.39 is 12.0 Å². The number of rotatable bonds is 6. The molecule has 0 radical (unpaired) electrons. The first-order valence-electron chi connectivity index (χ1n) is 12.3. The Morgan fingerprint density at radius 1 is 1.19 bits per heavy atom. The highest BCUT2D eigenvalue weighted by Crippen LogP contribution is 2.43. The number of nitrogens with zero attached hydrogens (tertiary/aromatic N) is 5. The first-order valence-corrected chi connectivity index (χ1v) is 12.3. The summed E-state index contributed by atoms with van der Waals surface area (Å²) in [5, 5.41) is 10.9. The summed E-state index contributed by atoms with van der Waals surface area (Å²) >= 11 is 0. The molecule has 2 N–H and O–H groups in total. The zero-order valence-electron chi connectivity index (χ0n) is 20.3. The maximum absolute atomic E-state index is 13.9. The van der Waals surface area contributed by atoms with Crippen molar-refractivity contribution in [2.24, 2.45) is 5.92 Å². The minimum absolute atomic E-state index is 0.109. The van der Waals surface area contributed by atoms with Crippen molar-refractivity contribution in [1.29, 1.82) is 0 Å². The number of anilines is 2. The smallest absolute Gasteiger partial charge is 0.226 e. The SMILES string of the molecule is CN1C(=O)C[C@H](C(=O)NCCC2CN(c3ncnc4[nH]ncc34)c3ccccc32)[C@H]1c1cccc(F)c1. The van der Waals surface area contributed by atoms with Gasteiger partial charge in [-0.15, -0.1) is 0 Å². The number of nitrogens with one attached hydrogen (secondary N) is 2. The van der Waals surface area contributed by atoms with Gasteiger partial charge in [0.25, 0.3) is 0 Å². The van der Waals surface area contributed by atoms with Crippen molar-refractivity contribution < 1.29 is 14.0 Å². The maximum Gasteiger partial charge on any atom is 0.226 e. The summed E-state index contributed by atoms with van der Waals surface area (Å²) < 4.78 is 13.9. The van der Waals surface area contributed by atoms with E-state index >= 15 is 0 Å². The second-order valence-corrected chi connectivity index (χ2v) is 9.59. The van der Waals surface area contributed by atoms with Crippen LogP contribution in [0.15, 0.2) is 61.1 Å². The second kappa shape index (κ2) is 9.27. The van der Waals surface area contributed by atoms with E-state index in [1.807, 2.05) is 12.1 Å². The van der Waals surface area contributed by atoms with Gasteiger partial charge in [0.15, 0.2) is 5.65 Å². The number of aromatic nitrogens is 4. The van der Waals surface area contributed by atoms with Crippen LogP contribution in [0.25, 0.3) is 11.0 Å². The molecule has 4 heterocycles. The van der Waals surface area contributed by atoms with Crippen molar-refractivity contribution in [3.05, 3.63) is 78.0 Å². The fourth-order valence-electron chi connectivity index (χ4n) is 5.66. The Labute approximate surface area is 212 Å². The number of fused-ring (bicyclic) bond motifs is 2. The van der Waals surface area contributed by atoms with Crippen molar-refractivity contribution in [2.45, 2.75) is 24.8 Å². The minimum Gasteiger partial charge on any atom is -0.356 e. The molecule has 1 unspecified atom stereocenters. The lowest BCUT2D eigenvalue weighted by molar-refractivity contribution is -0.128. The van der Waals surface area contributed by atoms with E-state index in [1.165, 1.54) is 24.0 Å². The molecule has 9 nitrogen and oxygen atoms in total. The first-order chi connectivity index (χ1) is 18.0. The summed E-state index contributed by atoms with van der Waals surface area (Å²) in [5.74, 6) is -0.285. The molecule has 3 atom stereocenters. The Morgan fingerprint density at radius 3 is 2.92 bits per heavy atom. The molecule has 6 rings (SSSR count). The average molecular weight is 500 g/mol. The van der Waals surface area contributed by atoms with Crippen LogP contribution in [0.4, 0.5) is 15.9 Å². The van der Waals surface area contributed by atoms with Crippen LogP contribution in [0.1, 0.15) is 35.9 Å². The van der Waals surface area contributed by atoms with Gasteiger partial charge < -0.3 is 15.1 Å². The van der Waals surface area contributed by atoms with Crippen LogP contribution >= 0.6 is 0 Å². The van der Waals surface area contributed by atoms with E-state index in [0.29, 0.717) is 24.3 Å². The lowest BCUT2D eigenvalue weighted by Gasteiger charge is -2.25. The highest BCUT2D eigenvalue weighted by Gasteiger charge is 2.42. The summed E-state index contributed by atoms with van der Waals surface area (Å²) in [5.41, 5.74) is 3.58. The van der Waals surface area contributed by atoms with Crippen LogP contribution in [0.3, 0.4) is 0 Å². The van der Waals surface area contributed by atoms with Gasteiger partial charge in [-0.2, -0.15) is 5.10 Å². The summed E-state index contributed by atoms with van der Waals surface area (Å²) in [7, 11) is 1.67. The number of carbonyl (C=O) groups is 2. The normalized spacial score (nSPS) is 21.0. The number of amides is 2. The van der Waals surface area contributed by atoms with Gasteiger partial charge >= 0.3 is 0 Å². The predicted molar refractivity (Wildman–Crippen MR) is 136 cm³/mol. The van der Waals surface area contributed by atoms with Crippen LogP contribution in [0.5, 0.6) is 0 Å². The van der Waals surface area contributed by atoms with Crippen LogP contribution < -0.4 is 10.2 Å². The number of carbonyl (C=O) groups excluding carboxylic acids is 2. The van der Waals surface area contributed by atoms with E-state index in [1.54, 1.807) is 30.3 Å². The Balaban J connectivity index is 1.16. The molecule has 4 aromatic rings. The highest BCUT2D eigenvalue weighted by atomic mass is 19.1. The fraction of sp³-hybridized carbons (Fsp3) is 0.296. The Hall–Kier alpha value is -4.34. The number of hydrogen-bond acceptors (Lipinski definition) is 6. The maximum atomic E-state index is 13.9. The summed E-state index contributed by atoms with van der Waals surface area (Å²) in [6, 6.07) is 13.8. The van der Waals surface area contributed by atoms with Crippen molar-refractivity contribution in [3.63, 3.8) is 0 Å². The molecule has 2 aliphatic heterocycles. The third kappa shape index (κ3) is 4.08. The summed E-state index contributed by atoms with van der Waals surface area (Å²) in [6.45, 7) is 1.17. The quantitative estimate of drug-likeness (QED) is 0.421. The molecule has 0 saturated carbocycles. The summed E-state index contributed by atoms with van der Waals surface area (Å²) in [4.78, 5) is 38.2. The molecule has 1 saturated heterocycles. The Bertz CT molecular complexity index is 1490. The van der Waals surface area contributed by atoms with E-state index in [-0.39, 0.29) is 30.0 Å². The lowest BCUT2D eigenvalue weighted by atomic mass is 9.92. The van der Waals surface area contributed by atoms with E-state index in [4.69, 9.17) is 0 Å². The standard InChI is InChI=1S/C27H26FN7O2/c1-34-23(36)12-20(24(34)16-5-4-6-18(28)11-16)27(37)29-10-9-17-14-35(22-8-3-2-7-19(17)22)26-21-13-32-33-25(21)30-15-31-26/h2-8,11,13,15,17,20,24H,9-10,12,14H2,1H3,(H,29,37)(H,30,31,32,33)/t17?,20-,24+/m0/s1. The van der Waals surface area contributed by atoms with Crippen molar-refractivity contribution in [1.82, 2.24) is 30.4 Å². The molecule has 0 aliphatic carbocycles. The number of H-pyrrole nitrogens is 1. The average Bonchev–Trinajstić information content (AvgIpc) is 3.60. The highest BCUT2D eigenvalue weighted by molar-refractivity contribution is 5.91. The van der Waals surface area contributed by atoms with E-state index in [0.717, 1.165) is 23.3 Å². The third-order valence-electron chi connectivity index (χ3n) is 7.46.